The number of piperidine rings is 3. The predicted molar refractivity (Wildman–Crippen MR) is 102 cm³/mol. The van der Waals surface area contributed by atoms with Crippen molar-refractivity contribution >= 4 is 10.9 Å². The van der Waals surface area contributed by atoms with Crippen LogP contribution in [0.4, 0.5) is 0 Å². The fourth-order valence-corrected chi connectivity index (χ4v) is 5.55. The second-order valence-corrected chi connectivity index (χ2v) is 8.32. The van der Waals surface area contributed by atoms with Crippen LogP contribution in [0, 0.1) is 17.8 Å². The van der Waals surface area contributed by atoms with Gasteiger partial charge in [0, 0.05) is 54.1 Å². The van der Waals surface area contributed by atoms with Gasteiger partial charge in [0.1, 0.15) is 11.9 Å². The number of pyridine rings is 1. The summed E-state index contributed by atoms with van der Waals surface area (Å²) in [5, 5.41) is 1.22. The molecular weight excluding hydrogens is 322 g/mol. The topological polar surface area (TPSA) is 41.1 Å². The van der Waals surface area contributed by atoms with Gasteiger partial charge in [-0.1, -0.05) is 6.07 Å². The smallest absolute Gasteiger partial charge is 0.138 e. The number of hydrogen-bond acceptors (Lipinski definition) is 3. The van der Waals surface area contributed by atoms with E-state index in [1.54, 1.807) is 0 Å². The highest BCUT2D eigenvalue weighted by molar-refractivity contribution is 5.84. The van der Waals surface area contributed by atoms with Crippen molar-refractivity contribution in [3.05, 3.63) is 48.8 Å². The number of nitrogens with one attached hydrogen (secondary N) is 1. The van der Waals surface area contributed by atoms with E-state index in [0.717, 1.165) is 28.4 Å². The quantitative estimate of drug-likeness (QED) is 0.781. The van der Waals surface area contributed by atoms with Crippen LogP contribution in [0.2, 0.25) is 0 Å². The van der Waals surface area contributed by atoms with Crippen molar-refractivity contribution in [1.29, 1.82) is 0 Å². The van der Waals surface area contributed by atoms with Crippen molar-refractivity contribution in [2.24, 2.45) is 17.8 Å². The van der Waals surface area contributed by atoms with Crippen molar-refractivity contribution in [2.45, 2.75) is 18.9 Å². The lowest BCUT2D eigenvalue weighted by Gasteiger charge is -2.55. The molecule has 3 saturated heterocycles. The highest BCUT2D eigenvalue weighted by atomic mass is 16.5. The van der Waals surface area contributed by atoms with Gasteiger partial charge in [-0.05, 0) is 49.1 Å². The zero-order valence-electron chi connectivity index (χ0n) is 14.8. The van der Waals surface area contributed by atoms with Crippen LogP contribution < -0.4 is 4.74 Å². The van der Waals surface area contributed by atoms with Gasteiger partial charge in [0.2, 0.25) is 0 Å². The molecule has 0 unspecified atom stereocenters. The molecule has 4 nitrogen and oxygen atoms in total. The Morgan fingerprint density at radius 2 is 1.88 bits per heavy atom. The van der Waals surface area contributed by atoms with Gasteiger partial charge in [-0.15, -0.1) is 0 Å². The van der Waals surface area contributed by atoms with Gasteiger partial charge in [-0.3, -0.25) is 4.98 Å². The summed E-state index contributed by atoms with van der Waals surface area (Å²) in [6.07, 6.45) is 6.95. The van der Waals surface area contributed by atoms with Crippen LogP contribution in [0.25, 0.3) is 22.2 Å². The van der Waals surface area contributed by atoms with E-state index in [4.69, 9.17) is 4.74 Å². The van der Waals surface area contributed by atoms with E-state index in [2.05, 4.69) is 51.3 Å². The number of benzene rings is 1. The van der Waals surface area contributed by atoms with Gasteiger partial charge in [0.25, 0.3) is 0 Å². The maximum atomic E-state index is 6.45. The van der Waals surface area contributed by atoms with Gasteiger partial charge in [-0.25, -0.2) is 0 Å². The third kappa shape index (κ3) is 2.36. The molecule has 4 heteroatoms. The molecule has 0 radical (unpaired) electrons. The van der Waals surface area contributed by atoms with E-state index in [9.17, 15) is 0 Å². The first-order chi connectivity index (χ1) is 12.8. The van der Waals surface area contributed by atoms with E-state index < -0.39 is 0 Å². The maximum Gasteiger partial charge on any atom is 0.138 e. The molecule has 4 fully saturated rings. The average Bonchev–Trinajstić information content (AvgIpc) is 3.12. The molecule has 1 aromatic carbocycles. The van der Waals surface area contributed by atoms with Crippen molar-refractivity contribution in [3.8, 4) is 17.0 Å². The number of H-pyrrole nitrogens is 1. The molecule has 1 N–H and O–H groups in total. The summed E-state index contributed by atoms with van der Waals surface area (Å²) < 4.78 is 6.45. The Labute approximate surface area is 153 Å². The SMILES string of the molecule is c1cc2cc(-c3ccc(OC4[C@@H]5CC6C[C@@H]4CN(C6)C5)cn3)ccc2[nH]1. The first kappa shape index (κ1) is 14.8. The summed E-state index contributed by atoms with van der Waals surface area (Å²) in [6, 6.07) is 12.7. The van der Waals surface area contributed by atoms with Crippen LogP contribution in [0.1, 0.15) is 12.8 Å². The highest BCUT2D eigenvalue weighted by Gasteiger charge is 2.48. The molecule has 0 amide bonds. The summed E-state index contributed by atoms with van der Waals surface area (Å²) in [5.41, 5.74) is 3.30. The van der Waals surface area contributed by atoms with Crippen LogP contribution in [0.5, 0.6) is 5.75 Å². The zero-order valence-corrected chi connectivity index (χ0v) is 14.8. The number of aromatic amines is 1. The molecule has 2 aromatic heterocycles. The number of rotatable bonds is 3. The molecule has 26 heavy (non-hydrogen) atoms. The summed E-state index contributed by atoms with van der Waals surface area (Å²) in [4.78, 5) is 10.6. The summed E-state index contributed by atoms with van der Waals surface area (Å²) in [5.74, 6) is 3.24. The molecule has 5 heterocycles. The van der Waals surface area contributed by atoms with Crippen molar-refractivity contribution in [3.63, 3.8) is 0 Å². The lowest BCUT2D eigenvalue weighted by Crippen LogP contribution is -2.61. The van der Waals surface area contributed by atoms with Crippen molar-refractivity contribution in [2.75, 3.05) is 19.6 Å². The van der Waals surface area contributed by atoms with Crippen molar-refractivity contribution < 1.29 is 4.74 Å². The van der Waals surface area contributed by atoms with E-state index in [0.29, 0.717) is 17.9 Å². The van der Waals surface area contributed by atoms with Crippen molar-refractivity contribution in [1.82, 2.24) is 14.9 Å². The van der Waals surface area contributed by atoms with Crippen LogP contribution in [-0.4, -0.2) is 40.6 Å². The number of aromatic nitrogens is 2. The van der Waals surface area contributed by atoms with Gasteiger partial charge in [0.15, 0.2) is 0 Å². The zero-order chi connectivity index (χ0) is 17.1. The Morgan fingerprint density at radius 3 is 2.65 bits per heavy atom. The second-order valence-electron chi connectivity index (χ2n) is 8.32. The van der Waals surface area contributed by atoms with E-state index in [1.165, 1.54) is 37.9 Å². The van der Waals surface area contributed by atoms with Gasteiger partial charge in [-0.2, -0.15) is 0 Å². The molecular formula is C22H23N3O. The minimum atomic E-state index is 0.381. The fourth-order valence-electron chi connectivity index (χ4n) is 5.55. The third-order valence-electron chi connectivity index (χ3n) is 6.56. The Hall–Kier alpha value is -2.33. The average molecular weight is 345 g/mol. The minimum Gasteiger partial charge on any atom is -0.488 e. The Morgan fingerprint density at radius 1 is 1.00 bits per heavy atom. The number of nitrogens with zero attached hydrogens (tertiary/aromatic N) is 2. The number of ether oxygens (including phenoxy) is 1. The van der Waals surface area contributed by atoms with Gasteiger partial charge >= 0.3 is 0 Å². The summed E-state index contributed by atoms with van der Waals surface area (Å²) >= 11 is 0. The molecule has 4 bridgehead atoms. The van der Waals surface area contributed by atoms with E-state index in [-0.39, 0.29) is 0 Å². The summed E-state index contributed by atoms with van der Waals surface area (Å²) in [7, 11) is 0. The third-order valence-corrected chi connectivity index (χ3v) is 6.56. The predicted octanol–water partition coefficient (Wildman–Crippen LogP) is 3.95. The molecule has 132 valence electrons. The van der Waals surface area contributed by atoms with E-state index in [1.807, 2.05) is 12.4 Å². The number of fused-ring (bicyclic) bond motifs is 1. The van der Waals surface area contributed by atoms with Crippen LogP contribution in [-0.2, 0) is 0 Å². The van der Waals surface area contributed by atoms with Gasteiger partial charge in [0.05, 0.1) is 11.9 Å². The maximum absolute atomic E-state index is 6.45. The number of hydrogen-bond donors (Lipinski definition) is 1. The Balaban J connectivity index is 1.23. The molecule has 1 saturated carbocycles. The Kier molecular flexibility index (Phi) is 3.18. The first-order valence-corrected chi connectivity index (χ1v) is 9.74. The van der Waals surface area contributed by atoms with Crippen LogP contribution in [0.15, 0.2) is 48.8 Å². The van der Waals surface area contributed by atoms with E-state index >= 15 is 0 Å². The largest absolute Gasteiger partial charge is 0.488 e. The second kappa shape index (κ2) is 5.58. The fraction of sp³-hybridized carbons (Fsp3) is 0.409. The first-order valence-electron chi connectivity index (χ1n) is 9.74. The lowest BCUT2D eigenvalue weighted by atomic mass is 9.66. The highest BCUT2D eigenvalue weighted by Crippen LogP contribution is 2.44. The lowest BCUT2D eigenvalue weighted by molar-refractivity contribution is -0.0985. The van der Waals surface area contributed by atoms with Crippen LogP contribution in [0.3, 0.4) is 0 Å². The molecule has 4 aliphatic rings. The van der Waals surface area contributed by atoms with Gasteiger partial charge < -0.3 is 14.6 Å². The standard InChI is InChI=1S/C22H23N3O/c1-3-20-16(5-6-23-20)9-15(1)21-4-2-19(10-24-21)26-22-17-7-14-8-18(22)13-25(11-14)12-17/h1-6,9-10,14,17-18,22-23H,7-8,11-13H2/t14?,17-,18-,22?/m1/s1. The molecule has 0 spiro atoms. The normalized spacial score (nSPS) is 32.2. The molecule has 7 rings (SSSR count). The molecule has 3 aromatic rings. The Bertz CT molecular complexity index is 917. The molecule has 1 aliphatic carbocycles. The monoisotopic (exact) mass is 345 g/mol. The summed E-state index contributed by atoms with van der Waals surface area (Å²) in [6.45, 7) is 3.77. The minimum absolute atomic E-state index is 0.381. The molecule has 3 aliphatic heterocycles. The molecule has 2 atom stereocenters. The van der Waals surface area contributed by atoms with Crippen LogP contribution >= 0.6 is 0 Å².